The van der Waals surface area contributed by atoms with Crippen molar-refractivity contribution in [2.75, 3.05) is 26.3 Å². The summed E-state index contributed by atoms with van der Waals surface area (Å²) < 4.78 is 36.1. The lowest BCUT2D eigenvalue weighted by molar-refractivity contribution is 0.140. The molecular weight excluding hydrogens is 316 g/mol. The number of hydrogen-bond donors (Lipinski definition) is 2. The van der Waals surface area contributed by atoms with Crippen molar-refractivity contribution in [2.24, 2.45) is 4.99 Å². The summed E-state index contributed by atoms with van der Waals surface area (Å²) in [6.07, 6.45) is -1.50. The topological polar surface area (TPSA) is 54.9 Å². The summed E-state index contributed by atoms with van der Waals surface area (Å²) in [6.45, 7) is 5.72. The van der Waals surface area contributed by atoms with Crippen LogP contribution in [0.3, 0.4) is 0 Å². The molecule has 1 aromatic rings. The number of nitrogens with one attached hydrogen (secondary N) is 2. The molecule has 1 aliphatic rings. The minimum absolute atomic E-state index is 0.0553. The quantitative estimate of drug-likeness (QED) is 0.591. The minimum atomic E-state index is -2.42. The van der Waals surface area contributed by atoms with E-state index in [4.69, 9.17) is 9.47 Å². The van der Waals surface area contributed by atoms with Crippen molar-refractivity contribution >= 4 is 5.96 Å². The Balaban J connectivity index is 2.06. The first-order chi connectivity index (χ1) is 11.6. The van der Waals surface area contributed by atoms with Gasteiger partial charge in [-0.1, -0.05) is 12.1 Å². The fraction of sp³-hybridized carbons (Fsp3) is 0.588. The number of rotatable bonds is 7. The Morgan fingerprint density at radius 2 is 2.25 bits per heavy atom. The van der Waals surface area contributed by atoms with Gasteiger partial charge in [0.25, 0.3) is 6.43 Å². The molecule has 1 unspecified atom stereocenters. The number of benzene rings is 1. The maximum Gasteiger partial charge on any atom is 0.255 e. The highest BCUT2D eigenvalue weighted by molar-refractivity contribution is 5.79. The zero-order chi connectivity index (χ0) is 17.4. The second kappa shape index (κ2) is 9.42. The van der Waals surface area contributed by atoms with Crippen molar-refractivity contribution in [3.05, 3.63) is 29.3 Å². The molecule has 0 radical (unpaired) electrons. The van der Waals surface area contributed by atoms with Crippen molar-refractivity contribution in [1.29, 1.82) is 0 Å². The highest BCUT2D eigenvalue weighted by atomic mass is 19.3. The molecule has 1 aromatic carbocycles. The van der Waals surface area contributed by atoms with Crippen molar-refractivity contribution in [3.63, 3.8) is 0 Å². The summed E-state index contributed by atoms with van der Waals surface area (Å²) in [6, 6.07) is 5.92. The first kappa shape index (κ1) is 18.4. The first-order valence-corrected chi connectivity index (χ1v) is 8.22. The van der Waals surface area contributed by atoms with Gasteiger partial charge < -0.3 is 20.1 Å². The Labute approximate surface area is 141 Å². The molecular formula is C17H25F2N3O2. The van der Waals surface area contributed by atoms with Crippen LogP contribution in [0.1, 0.15) is 24.5 Å². The monoisotopic (exact) mass is 341 g/mol. The van der Waals surface area contributed by atoms with Crippen LogP contribution in [-0.2, 0) is 11.3 Å². The molecule has 0 amide bonds. The van der Waals surface area contributed by atoms with Crippen LogP contribution >= 0.6 is 0 Å². The predicted molar refractivity (Wildman–Crippen MR) is 89.9 cm³/mol. The summed E-state index contributed by atoms with van der Waals surface area (Å²) in [5, 5.41) is 5.58. The molecule has 0 aromatic heterocycles. The van der Waals surface area contributed by atoms with E-state index in [-0.39, 0.29) is 6.10 Å². The highest BCUT2D eigenvalue weighted by Gasteiger charge is 2.18. The second-order valence-electron chi connectivity index (χ2n) is 5.68. The Morgan fingerprint density at radius 1 is 1.42 bits per heavy atom. The number of alkyl halides is 2. The molecule has 1 saturated heterocycles. The Bertz CT molecular complexity index is 547. The summed E-state index contributed by atoms with van der Waals surface area (Å²) in [5.41, 5.74) is 2.01. The molecule has 0 bridgehead atoms. The summed E-state index contributed by atoms with van der Waals surface area (Å²) in [5.74, 6) is 1.15. The molecule has 1 heterocycles. The van der Waals surface area contributed by atoms with Crippen LogP contribution in [0.5, 0.6) is 5.75 Å². The molecule has 5 nitrogen and oxygen atoms in total. The van der Waals surface area contributed by atoms with Crippen LogP contribution in [0.2, 0.25) is 0 Å². The summed E-state index contributed by atoms with van der Waals surface area (Å²) in [7, 11) is 0. The van der Waals surface area contributed by atoms with Gasteiger partial charge in [-0.05, 0) is 25.5 Å². The van der Waals surface area contributed by atoms with Crippen molar-refractivity contribution in [3.8, 4) is 5.75 Å². The van der Waals surface area contributed by atoms with Gasteiger partial charge in [0.1, 0.15) is 11.9 Å². The lowest BCUT2D eigenvalue weighted by Crippen LogP contribution is -2.39. The molecule has 0 spiro atoms. The molecule has 7 heteroatoms. The van der Waals surface area contributed by atoms with Gasteiger partial charge in [0.15, 0.2) is 5.96 Å². The molecule has 2 N–H and O–H groups in total. The fourth-order valence-electron chi connectivity index (χ4n) is 2.37. The first-order valence-electron chi connectivity index (χ1n) is 8.22. The minimum Gasteiger partial charge on any atom is -0.488 e. The number of guanidine groups is 1. The van der Waals surface area contributed by atoms with Gasteiger partial charge in [0.05, 0.1) is 26.3 Å². The molecule has 1 fully saturated rings. The van der Waals surface area contributed by atoms with E-state index in [9.17, 15) is 8.78 Å². The third kappa shape index (κ3) is 5.96. The van der Waals surface area contributed by atoms with Crippen molar-refractivity contribution in [1.82, 2.24) is 10.6 Å². The van der Waals surface area contributed by atoms with E-state index in [0.717, 1.165) is 23.3 Å². The van der Waals surface area contributed by atoms with E-state index in [1.54, 1.807) is 0 Å². The number of aliphatic imine (C=N–C) groups is 1. The lowest BCUT2D eigenvalue weighted by atomic mass is 10.1. The van der Waals surface area contributed by atoms with E-state index >= 15 is 0 Å². The van der Waals surface area contributed by atoms with Gasteiger partial charge in [-0.3, -0.25) is 0 Å². The van der Waals surface area contributed by atoms with E-state index in [1.165, 1.54) is 0 Å². The van der Waals surface area contributed by atoms with Crippen LogP contribution in [0.15, 0.2) is 23.2 Å². The smallest absolute Gasteiger partial charge is 0.255 e. The van der Waals surface area contributed by atoms with Crippen LogP contribution in [0.4, 0.5) is 8.78 Å². The highest BCUT2D eigenvalue weighted by Crippen LogP contribution is 2.24. The van der Waals surface area contributed by atoms with E-state index in [0.29, 0.717) is 32.3 Å². The molecule has 2 rings (SSSR count). The number of nitrogens with zero attached hydrogens (tertiary/aromatic N) is 1. The van der Waals surface area contributed by atoms with E-state index in [1.807, 2.05) is 32.0 Å². The fourth-order valence-corrected chi connectivity index (χ4v) is 2.37. The Hall–Kier alpha value is -1.89. The standard InChI is InChI=1S/C17H25F2N3O2/c1-3-20-17(22-10-16(18)19)21-9-13-5-4-12(2)8-15(13)24-14-6-7-23-11-14/h4-5,8,14,16H,3,6-7,9-11H2,1-2H3,(H2,20,21,22). The third-order valence-electron chi connectivity index (χ3n) is 3.58. The predicted octanol–water partition coefficient (Wildman–Crippen LogP) is 2.48. The molecule has 1 atom stereocenters. The zero-order valence-corrected chi connectivity index (χ0v) is 14.1. The van der Waals surface area contributed by atoms with Gasteiger partial charge in [-0.25, -0.2) is 13.8 Å². The zero-order valence-electron chi connectivity index (χ0n) is 14.1. The van der Waals surface area contributed by atoms with Gasteiger partial charge in [-0.15, -0.1) is 0 Å². The summed E-state index contributed by atoms with van der Waals surface area (Å²) >= 11 is 0. The maximum atomic E-state index is 12.4. The average Bonchev–Trinajstić information content (AvgIpc) is 3.04. The molecule has 134 valence electrons. The number of aryl methyl sites for hydroxylation is 1. The normalized spacial score (nSPS) is 18.0. The van der Waals surface area contributed by atoms with Crippen LogP contribution in [0, 0.1) is 6.92 Å². The largest absolute Gasteiger partial charge is 0.488 e. The van der Waals surface area contributed by atoms with Gasteiger partial charge in [0, 0.05) is 18.5 Å². The molecule has 1 aliphatic heterocycles. The Kier molecular flexibility index (Phi) is 7.24. The van der Waals surface area contributed by atoms with Crippen LogP contribution < -0.4 is 15.4 Å². The van der Waals surface area contributed by atoms with Gasteiger partial charge in [-0.2, -0.15) is 0 Å². The third-order valence-corrected chi connectivity index (χ3v) is 3.58. The van der Waals surface area contributed by atoms with Gasteiger partial charge in [0.2, 0.25) is 0 Å². The SMILES string of the molecule is CCNC(=NCc1ccc(C)cc1OC1CCOC1)NCC(F)F. The van der Waals surface area contributed by atoms with Crippen molar-refractivity contribution in [2.45, 2.75) is 39.3 Å². The lowest BCUT2D eigenvalue weighted by Gasteiger charge is -2.16. The van der Waals surface area contributed by atoms with Gasteiger partial charge >= 0.3 is 0 Å². The summed E-state index contributed by atoms with van der Waals surface area (Å²) in [4.78, 5) is 4.37. The second-order valence-corrected chi connectivity index (χ2v) is 5.68. The number of hydrogen-bond acceptors (Lipinski definition) is 3. The maximum absolute atomic E-state index is 12.4. The average molecular weight is 341 g/mol. The van der Waals surface area contributed by atoms with E-state index in [2.05, 4.69) is 15.6 Å². The van der Waals surface area contributed by atoms with E-state index < -0.39 is 13.0 Å². The number of halogens is 2. The van der Waals surface area contributed by atoms with Crippen LogP contribution in [0.25, 0.3) is 0 Å². The molecule has 0 saturated carbocycles. The van der Waals surface area contributed by atoms with Crippen molar-refractivity contribution < 1.29 is 18.3 Å². The van der Waals surface area contributed by atoms with Crippen LogP contribution in [-0.4, -0.2) is 44.8 Å². The molecule has 0 aliphatic carbocycles. The Morgan fingerprint density at radius 3 is 2.92 bits per heavy atom. The number of ether oxygens (including phenoxy) is 2. The molecule has 24 heavy (non-hydrogen) atoms.